The number of hydrogen-bond acceptors (Lipinski definition) is 5. The van der Waals surface area contributed by atoms with E-state index < -0.39 is 0 Å². The summed E-state index contributed by atoms with van der Waals surface area (Å²) >= 11 is 1.62. The molecule has 0 bridgehead atoms. The van der Waals surface area contributed by atoms with Crippen molar-refractivity contribution in [2.75, 3.05) is 0 Å². The largest absolute Gasteiger partial charge is 0.325 e. The second-order valence-corrected chi connectivity index (χ2v) is 7.12. The Morgan fingerprint density at radius 1 is 1.29 bits per heavy atom. The fourth-order valence-electron chi connectivity index (χ4n) is 2.51. The Bertz CT molecular complexity index is 794. The summed E-state index contributed by atoms with van der Waals surface area (Å²) in [6.45, 7) is 9.01. The van der Waals surface area contributed by atoms with Crippen LogP contribution in [0.4, 0.5) is 0 Å². The topological polar surface area (TPSA) is 69.6 Å². The van der Waals surface area contributed by atoms with E-state index in [0.29, 0.717) is 6.54 Å². The van der Waals surface area contributed by atoms with E-state index in [4.69, 9.17) is 10.7 Å². The summed E-state index contributed by atoms with van der Waals surface area (Å²) in [6, 6.07) is 2.01. The van der Waals surface area contributed by atoms with Crippen molar-refractivity contribution < 1.29 is 0 Å². The van der Waals surface area contributed by atoms with Gasteiger partial charge in [0.2, 0.25) is 0 Å². The van der Waals surface area contributed by atoms with Crippen LogP contribution in [0.5, 0.6) is 0 Å². The molecule has 0 saturated carbocycles. The van der Waals surface area contributed by atoms with Crippen LogP contribution in [-0.2, 0) is 12.1 Å². The summed E-state index contributed by atoms with van der Waals surface area (Å²) in [5, 5.41) is 0.938. The van der Waals surface area contributed by atoms with Gasteiger partial charge in [0.15, 0.2) is 5.82 Å². The van der Waals surface area contributed by atoms with Crippen LogP contribution in [0.25, 0.3) is 21.7 Å². The normalized spacial score (nSPS) is 12.2. The zero-order valence-corrected chi connectivity index (χ0v) is 13.5. The molecule has 0 radical (unpaired) electrons. The first-order valence-corrected chi connectivity index (χ1v) is 7.73. The van der Waals surface area contributed by atoms with Crippen LogP contribution in [-0.4, -0.2) is 19.5 Å². The zero-order valence-electron chi connectivity index (χ0n) is 12.7. The lowest BCUT2D eigenvalue weighted by atomic mass is 10.1. The Kier molecular flexibility index (Phi) is 3.30. The quantitative estimate of drug-likeness (QED) is 0.789. The van der Waals surface area contributed by atoms with Crippen molar-refractivity contribution in [2.45, 2.75) is 39.8 Å². The molecular weight excluding hydrogens is 282 g/mol. The summed E-state index contributed by atoms with van der Waals surface area (Å²) in [6.07, 6.45) is 3.61. The molecule has 0 fully saturated rings. The van der Waals surface area contributed by atoms with Gasteiger partial charge in [0, 0.05) is 18.3 Å². The van der Waals surface area contributed by atoms with Gasteiger partial charge in [-0.1, -0.05) is 0 Å². The molecule has 0 atom stereocenters. The molecule has 0 saturated heterocycles. The number of rotatable bonds is 2. The Morgan fingerprint density at radius 3 is 2.67 bits per heavy atom. The molecule has 0 amide bonds. The van der Waals surface area contributed by atoms with E-state index in [2.05, 4.69) is 35.3 Å². The fourth-order valence-corrected chi connectivity index (χ4v) is 3.43. The predicted octanol–water partition coefficient (Wildman–Crippen LogP) is 3.08. The van der Waals surface area contributed by atoms with Crippen LogP contribution in [0.3, 0.4) is 0 Å². The molecule has 5 nitrogen and oxygen atoms in total. The highest BCUT2D eigenvalue weighted by molar-refractivity contribution is 7.15. The van der Waals surface area contributed by atoms with Gasteiger partial charge >= 0.3 is 0 Å². The van der Waals surface area contributed by atoms with E-state index in [0.717, 1.165) is 32.4 Å². The van der Waals surface area contributed by atoms with Crippen LogP contribution in [0.1, 0.15) is 31.5 Å². The molecule has 0 aliphatic rings. The Hall–Kier alpha value is -1.79. The third-order valence-electron chi connectivity index (χ3n) is 3.35. The number of fused-ring (bicyclic) bond motifs is 1. The molecule has 0 aliphatic heterocycles. The first-order chi connectivity index (χ1) is 9.91. The molecule has 2 N–H and O–H groups in total. The smallest absolute Gasteiger partial charge is 0.153 e. The SMILES string of the molecule is Cc1nc(CN)sc1-c1nc2cnccc2n1C(C)(C)C. The summed E-state index contributed by atoms with van der Waals surface area (Å²) in [4.78, 5) is 14.6. The maximum Gasteiger partial charge on any atom is 0.153 e. The van der Waals surface area contributed by atoms with E-state index in [1.54, 1.807) is 23.7 Å². The van der Waals surface area contributed by atoms with Gasteiger partial charge in [-0.05, 0) is 33.8 Å². The highest BCUT2D eigenvalue weighted by Gasteiger charge is 2.24. The van der Waals surface area contributed by atoms with Crippen molar-refractivity contribution in [3.8, 4) is 10.7 Å². The molecule has 110 valence electrons. The second kappa shape index (κ2) is 4.89. The standard InChI is InChI=1S/C15H19N5S/c1-9-13(21-12(7-16)18-9)14-19-10-8-17-6-5-11(10)20(14)15(2,3)4/h5-6,8H,7,16H2,1-4H3. The van der Waals surface area contributed by atoms with Crippen molar-refractivity contribution >= 4 is 22.4 Å². The van der Waals surface area contributed by atoms with Crippen LogP contribution < -0.4 is 5.73 Å². The number of hydrogen-bond donors (Lipinski definition) is 1. The number of thiazole rings is 1. The van der Waals surface area contributed by atoms with E-state index >= 15 is 0 Å². The average Bonchev–Trinajstić information content (AvgIpc) is 2.97. The van der Waals surface area contributed by atoms with E-state index in [-0.39, 0.29) is 5.54 Å². The first kappa shape index (κ1) is 14.2. The number of aromatic nitrogens is 4. The van der Waals surface area contributed by atoms with Gasteiger partial charge in [0.25, 0.3) is 0 Å². The first-order valence-electron chi connectivity index (χ1n) is 6.91. The summed E-state index contributed by atoms with van der Waals surface area (Å²) in [5.41, 5.74) is 8.62. The van der Waals surface area contributed by atoms with Crippen LogP contribution in [0.15, 0.2) is 18.5 Å². The number of nitrogens with two attached hydrogens (primary N) is 1. The van der Waals surface area contributed by atoms with Crippen LogP contribution >= 0.6 is 11.3 Å². The molecule has 3 rings (SSSR count). The molecule has 3 aromatic rings. The maximum absolute atomic E-state index is 5.72. The van der Waals surface area contributed by atoms with Crippen LogP contribution in [0, 0.1) is 6.92 Å². The van der Waals surface area contributed by atoms with Gasteiger partial charge in [0.1, 0.15) is 10.5 Å². The Balaban J connectivity index is 2.33. The van der Waals surface area contributed by atoms with Crippen molar-refractivity contribution in [1.82, 2.24) is 19.5 Å². The van der Waals surface area contributed by atoms with E-state index in [9.17, 15) is 0 Å². The van der Waals surface area contributed by atoms with Crippen molar-refractivity contribution in [3.05, 3.63) is 29.2 Å². The number of aryl methyl sites for hydroxylation is 1. The maximum atomic E-state index is 5.72. The van der Waals surface area contributed by atoms with Crippen molar-refractivity contribution in [2.24, 2.45) is 5.73 Å². The monoisotopic (exact) mass is 301 g/mol. The molecule has 0 aliphatic carbocycles. The molecule has 21 heavy (non-hydrogen) atoms. The molecular formula is C15H19N5S. The highest BCUT2D eigenvalue weighted by atomic mass is 32.1. The second-order valence-electron chi connectivity index (χ2n) is 6.03. The van der Waals surface area contributed by atoms with Crippen LogP contribution in [0.2, 0.25) is 0 Å². The fraction of sp³-hybridized carbons (Fsp3) is 0.400. The zero-order chi connectivity index (χ0) is 15.2. The number of nitrogens with zero attached hydrogens (tertiary/aromatic N) is 4. The average molecular weight is 301 g/mol. The third-order valence-corrected chi connectivity index (χ3v) is 4.52. The lowest BCUT2D eigenvalue weighted by Gasteiger charge is -2.24. The minimum absolute atomic E-state index is 0.0786. The van der Waals surface area contributed by atoms with E-state index in [1.165, 1.54) is 0 Å². The van der Waals surface area contributed by atoms with Gasteiger partial charge < -0.3 is 10.3 Å². The van der Waals surface area contributed by atoms with Gasteiger partial charge in [0.05, 0.1) is 22.3 Å². The van der Waals surface area contributed by atoms with Gasteiger partial charge in [-0.25, -0.2) is 9.97 Å². The van der Waals surface area contributed by atoms with Gasteiger partial charge in [-0.3, -0.25) is 4.98 Å². The Labute approximate surface area is 127 Å². The Morgan fingerprint density at radius 2 is 2.05 bits per heavy atom. The summed E-state index contributed by atoms with van der Waals surface area (Å²) < 4.78 is 2.25. The molecule has 3 aromatic heterocycles. The summed E-state index contributed by atoms with van der Waals surface area (Å²) in [5.74, 6) is 0.945. The van der Waals surface area contributed by atoms with Crippen molar-refractivity contribution in [1.29, 1.82) is 0 Å². The molecule has 0 unspecified atom stereocenters. The highest BCUT2D eigenvalue weighted by Crippen LogP contribution is 2.35. The molecule has 0 aromatic carbocycles. The van der Waals surface area contributed by atoms with Crippen molar-refractivity contribution in [3.63, 3.8) is 0 Å². The molecule has 3 heterocycles. The summed E-state index contributed by atoms with van der Waals surface area (Å²) in [7, 11) is 0. The number of imidazole rings is 1. The minimum Gasteiger partial charge on any atom is -0.325 e. The molecule has 6 heteroatoms. The lowest BCUT2D eigenvalue weighted by Crippen LogP contribution is -2.22. The van der Waals surface area contributed by atoms with Gasteiger partial charge in [-0.2, -0.15) is 0 Å². The lowest BCUT2D eigenvalue weighted by molar-refractivity contribution is 0.413. The predicted molar refractivity (Wildman–Crippen MR) is 86.3 cm³/mol. The molecule has 0 spiro atoms. The van der Waals surface area contributed by atoms with E-state index in [1.807, 2.05) is 13.0 Å². The minimum atomic E-state index is -0.0786. The number of pyridine rings is 1. The third kappa shape index (κ3) is 2.34. The van der Waals surface area contributed by atoms with Gasteiger partial charge in [-0.15, -0.1) is 11.3 Å².